The number of hydrogen-bond donors (Lipinski definition) is 2. The van der Waals surface area contributed by atoms with Crippen molar-refractivity contribution in [3.05, 3.63) is 71.0 Å². The van der Waals surface area contributed by atoms with E-state index in [1.165, 1.54) is 4.68 Å². The molecule has 224 valence electrons. The zero-order valence-electron chi connectivity index (χ0n) is 23.8. The fraction of sp³-hybridized carbons (Fsp3) is 0.452. The molecule has 42 heavy (non-hydrogen) atoms. The summed E-state index contributed by atoms with van der Waals surface area (Å²) in [7, 11) is 0. The number of primary amides is 1. The second-order valence-electron chi connectivity index (χ2n) is 11.8. The van der Waals surface area contributed by atoms with Crippen LogP contribution >= 0.6 is 0 Å². The van der Waals surface area contributed by atoms with Crippen molar-refractivity contribution >= 4 is 17.8 Å². The van der Waals surface area contributed by atoms with Gasteiger partial charge in [0.05, 0.1) is 30.2 Å². The number of benzene rings is 2. The minimum absolute atomic E-state index is 0.0458. The van der Waals surface area contributed by atoms with E-state index in [-0.39, 0.29) is 28.7 Å². The monoisotopic (exact) mass is 583 g/mol. The highest BCUT2D eigenvalue weighted by atomic mass is 19.4. The van der Waals surface area contributed by atoms with Crippen LogP contribution in [-0.2, 0) is 23.8 Å². The minimum Gasteiger partial charge on any atom is -0.382 e. The Balaban J connectivity index is 1.26. The van der Waals surface area contributed by atoms with Crippen molar-refractivity contribution in [2.45, 2.75) is 77.1 Å². The summed E-state index contributed by atoms with van der Waals surface area (Å²) in [5, 5.41) is 11.4. The molecule has 0 saturated heterocycles. The van der Waals surface area contributed by atoms with Crippen LogP contribution in [0.2, 0.25) is 0 Å². The molecule has 3 aromatic rings. The molecular weight excluding hydrogens is 547 g/mol. The molecule has 2 aliphatic carbocycles. The highest BCUT2D eigenvalue weighted by Crippen LogP contribution is 2.42. The highest BCUT2D eigenvalue weighted by Gasteiger charge is 2.42. The van der Waals surface area contributed by atoms with Crippen LogP contribution in [0.1, 0.15) is 73.3 Å². The standard InChI is InChI=1S/C31H36F3N5O3/c1-30(2)15-14-25-27(19-30)39(38-28(25)31(32,33)34)21-10-13-24(29(35)40)26(18-21)37-20-8-11-22(12-9-20)41-17-16-36-42-23-6-4-3-5-7-23/h3-7,10,13,16,18,20,22,37H,8-9,11-12,14-15,17,19H2,1-2H3,(H2,35,40). The van der Waals surface area contributed by atoms with Gasteiger partial charge >= 0.3 is 6.18 Å². The summed E-state index contributed by atoms with van der Waals surface area (Å²) < 4.78 is 49.0. The molecule has 1 fully saturated rings. The van der Waals surface area contributed by atoms with Crippen LogP contribution in [0.4, 0.5) is 18.9 Å². The largest absolute Gasteiger partial charge is 0.435 e. The van der Waals surface area contributed by atoms with Gasteiger partial charge in [0.1, 0.15) is 0 Å². The minimum atomic E-state index is -4.55. The van der Waals surface area contributed by atoms with Crippen molar-refractivity contribution in [3.63, 3.8) is 0 Å². The maximum Gasteiger partial charge on any atom is 0.435 e. The van der Waals surface area contributed by atoms with Gasteiger partial charge in [0, 0.05) is 23.0 Å². The number of nitrogens with two attached hydrogens (primary N) is 1. The Morgan fingerprint density at radius 3 is 2.60 bits per heavy atom. The number of hydrogen-bond acceptors (Lipinski definition) is 6. The normalized spacial score (nSPS) is 20.3. The second kappa shape index (κ2) is 12.2. The fourth-order valence-electron chi connectivity index (χ4n) is 5.76. The number of alkyl halides is 3. The average molecular weight is 584 g/mol. The van der Waals surface area contributed by atoms with Crippen molar-refractivity contribution in [1.29, 1.82) is 0 Å². The maximum atomic E-state index is 13.9. The number of amides is 1. The molecular formula is C31H36F3N5O3. The quantitative estimate of drug-likeness (QED) is 0.227. The van der Waals surface area contributed by atoms with Gasteiger partial charge in [0.2, 0.25) is 0 Å². The zero-order valence-corrected chi connectivity index (χ0v) is 23.8. The van der Waals surface area contributed by atoms with Gasteiger partial charge < -0.3 is 20.6 Å². The summed E-state index contributed by atoms with van der Waals surface area (Å²) in [4.78, 5) is 17.5. The van der Waals surface area contributed by atoms with E-state index in [0.29, 0.717) is 48.7 Å². The van der Waals surface area contributed by atoms with Crippen LogP contribution in [0.15, 0.2) is 53.7 Å². The van der Waals surface area contributed by atoms with Crippen LogP contribution in [0, 0.1) is 5.41 Å². The number of ether oxygens (including phenoxy) is 1. The molecule has 3 N–H and O–H groups in total. The third-order valence-electron chi connectivity index (χ3n) is 7.99. The number of halogens is 3. The lowest BCUT2D eigenvalue weighted by atomic mass is 9.76. The molecule has 2 aromatic carbocycles. The first-order valence-electron chi connectivity index (χ1n) is 14.2. The first-order chi connectivity index (χ1) is 20.0. The Morgan fingerprint density at radius 2 is 1.90 bits per heavy atom. The topological polar surface area (TPSA) is 104 Å². The summed E-state index contributed by atoms with van der Waals surface area (Å²) in [6, 6.07) is 14.1. The summed E-state index contributed by atoms with van der Waals surface area (Å²) in [5.74, 6) is 0.0366. The summed E-state index contributed by atoms with van der Waals surface area (Å²) in [5.41, 5.74) is 6.72. The lowest BCUT2D eigenvalue weighted by Crippen LogP contribution is -2.31. The first kappa shape index (κ1) is 29.6. The molecule has 0 spiro atoms. The van der Waals surface area contributed by atoms with E-state index in [2.05, 4.69) is 29.4 Å². The Morgan fingerprint density at radius 1 is 1.17 bits per heavy atom. The number of rotatable bonds is 9. The molecule has 0 bridgehead atoms. The Hall–Kier alpha value is -3.86. The van der Waals surface area contributed by atoms with Gasteiger partial charge in [-0.05, 0) is 80.7 Å². The van der Waals surface area contributed by atoms with E-state index in [9.17, 15) is 18.0 Å². The molecule has 5 rings (SSSR count). The van der Waals surface area contributed by atoms with Gasteiger partial charge in [-0.1, -0.05) is 37.2 Å². The molecule has 11 heteroatoms. The molecule has 1 heterocycles. The fourth-order valence-corrected chi connectivity index (χ4v) is 5.76. The van der Waals surface area contributed by atoms with Crippen LogP contribution in [0.3, 0.4) is 0 Å². The van der Waals surface area contributed by atoms with Crippen molar-refractivity contribution in [2.75, 3.05) is 11.9 Å². The summed E-state index contributed by atoms with van der Waals surface area (Å²) >= 11 is 0. The zero-order chi connectivity index (χ0) is 29.9. The average Bonchev–Trinajstić information content (AvgIpc) is 3.32. The van der Waals surface area contributed by atoms with Crippen molar-refractivity contribution < 1.29 is 27.5 Å². The Labute approximate surface area is 243 Å². The number of anilines is 1. The van der Waals surface area contributed by atoms with Crippen LogP contribution in [0.25, 0.3) is 5.69 Å². The summed E-state index contributed by atoms with van der Waals surface area (Å²) in [6.07, 6.45) is 1.71. The van der Waals surface area contributed by atoms with Gasteiger partial charge in [-0.2, -0.15) is 18.3 Å². The van der Waals surface area contributed by atoms with Crippen molar-refractivity contribution in [3.8, 4) is 11.4 Å². The van der Waals surface area contributed by atoms with Gasteiger partial charge in [0.15, 0.2) is 11.4 Å². The van der Waals surface area contributed by atoms with Crippen molar-refractivity contribution in [1.82, 2.24) is 9.78 Å². The highest BCUT2D eigenvalue weighted by molar-refractivity contribution is 5.99. The Bertz CT molecular complexity index is 1430. The number of nitrogens with zero attached hydrogens (tertiary/aromatic N) is 3. The van der Waals surface area contributed by atoms with E-state index in [0.717, 1.165) is 25.7 Å². The number of nitrogens with one attached hydrogen (secondary N) is 1. The van der Waals surface area contributed by atoms with Gasteiger partial charge in [-0.3, -0.25) is 4.79 Å². The van der Waals surface area contributed by atoms with Crippen LogP contribution < -0.4 is 15.9 Å². The van der Waals surface area contributed by atoms with E-state index < -0.39 is 17.8 Å². The number of oxime groups is 1. The molecule has 1 aromatic heterocycles. The third-order valence-corrected chi connectivity index (χ3v) is 7.99. The van der Waals surface area contributed by atoms with Crippen molar-refractivity contribution in [2.24, 2.45) is 16.3 Å². The van der Waals surface area contributed by atoms with Crippen LogP contribution in [-0.4, -0.2) is 40.7 Å². The van der Waals surface area contributed by atoms with Gasteiger partial charge in [-0.15, -0.1) is 0 Å². The lowest BCUT2D eigenvalue weighted by Gasteiger charge is -2.31. The molecule has 0 unspecified atom stereocenters. The molecule has 1 amide bonds. The predicted molar refractivity (Wildman–Crippen MR) is 154 cm³/mol. The van der Waals surface area contributed by atoms with Gasteiger partial charge in [-0.25, -0.2) is 4.68 Å². The molecule has 1 saturated carbocycles. The number of carbonyl (C=O) groups excluding carboxylic acids is 1. The third kappa shape index (κ3) is 6.95. The van der Waals surface area contributed by atoms with E-state index in [1.807, 2.05) is 30.3 Å². The Kier molecular flexibility index (Phi) is 8.58. The van der Waals surface area contributed by atoms with E-state index in [1.54, 1.807) is 24.4 Å². The van der Waals surface area contributed by atoms with E-state index >= 15 is 0 Å². The predicted octanol–water partition coefficient (Wildman–Crippen LogP) is 6.31. The van der Waals surface area contributed by atoms with Gasteiger partial charge in [0.25, 0.3) is 5.91 Å². The molecule has 0 aliphatic heterocycles. The number of fused-ring (bicyclic) bond motifs is 1. The molecule has 0 radical (unpaired) electrons. The molecule has 8 nitrogen and oxygen atoms in total. The molecule has 0 atom stereocenters. The smallest absolute Gasteiger partial charge is 0.382 e. The SMILES string of the molecule is CC1(C)CCc2c(C(F)(F)F)nn(-c3ccc(C(N)=O)c(NC4CCC(OCC=NOc5ccccc5)CC4)c3)c2C1. The maximum absolute atomic E-state index is 13.9. The summed E-state index contributed by atoms with van der Waals surface area (Å²) in [6.45, 7) is 4.43. The number of para-hydroxylation sites is 1. The van der Waals surface area contributed by atoms with E-state index in [4.69, 9.17) is 15.3 Å². The molecule has 2 aliphatic rings. The first-order valence-corrected chi connectivity index (χ1v) is 14.2. The lowest BCUT2D eigenvalue weighted by molar-refractivity contribution is -0.142. The van der Waals surface area contributed by atoms with Crippen LogP contribution in [0.5, 0.6) is 5.75 Å². The second-order valence-corrected chi connectivity index (χ2v) is 11.8. The number of carbonyl (C=O) groups is 1. The number of aromatic nitrogens is 2.